The zero-order valence-electron chi connectivity index (χ0n) is 28.2. The molecule has 2 aliphatic heterocycles. The first kappa shape index (κ1) is 34.6. The van der Waals surface area contributed by atoms with E-state index < -0.39 is 73.7 Å². The lowest BCUT2D eigenvalue weighted by Gasteiger charge is -2.43. The lowest BCUT2D eigenvalue weighted by Crippen LogP contribution is -2.65. The molecule has 5 amide bonds. The Morgan fingerprint density at radius 2 is 1.59 bits per heavy atom. The molecular weight excluding hydrogens is 610 g/mol. The highest BCUT2D eigenvalue weighted by Crippen LogP contribution is 2.65. The molecule has 0 unspecified atom stereocenters. The second kappa shape index (κ2) is 12.4. The van der Waals surface area contributed by atoms with Gasteiger partial charge in [-0.25, -0.2) is 13.2 Å². The van der Waals surface area contributed by atoms with Crippen molar-refractivity contribution in [1.82, 2.24) is 26.2 Å². The van der Waals surface area contributed by atoms with Crippen LogP contribution in [0.2, 0.25) is 0 Å². The Hall–Kier alpha value is -2.70. The smallest absolute Gasteiger partial charge is 0.315 e. The molecule has 0 aromatic rings. The quantitative estimate of drug-likeness (QED) is 0.259. The number of nitrogens with zero attached hydrogens (tertiary/aromatic N) is 1. The average Bonchev–Trinajstić information content (AvgIpc) is 3.76. The number of carbonyl (C=O) groups excluding carboxylic acids is 5. The average molecular weight is 664 g/mol. The third kappa shape index (κ3) is 6.67. The van der Waals surface area contributed by atoms with Crippen molar-refractivity contribution in [1.29, 1.82) is 0 Å². The monoisotopic (exact) mass is 663 g/mol. The van der Waals surface area contributed by atoms with Crippen molar-refractivity contribution in [2.75, 3.05) is 19.3 Å². The van der Waals surface area contributed by atoms with E-state index >= 15 is 0 Å². The number of urea groups is 1. The molecule has 46 heavy (non-hydrogen) atoms. The number of ketones is 1. The number of sulfone groups is 1. The fourth-order valence-corrected chi connectivity index (χ4v) is 11.0. The summed E-state index contributed by atoms with van der Waals surface area (Å²) in [5, 5.41) is 10.5. The van der Waals surface area contributed by atoms with Gasteiger partial charge in [-0.1, -0.05) is 66.7 Å². The van der Waals surface area contributed by atoms with Crippen molar-refractivity contribution in [3.63, 3.8) is 0 Å². The molecule has 258 valence electrons. The predicted molar refractivity (Wildman–Crippen MR) is 172 cm³/mol. The van der Waals surface area contributed by atoms with E-state index in [4.69, 9.17) is 0 Å². The number of fused-ring (bicyclic) bond motifs is 1. The molecule has 3 saturated carbocycles. The predicted octanol–water partition coefficient (Wildman–Crippen LogP) is 2.06. The largest absolute Gasteiger partial charge is 0.353 e. The number of hydrogen-bond acceptors (Lipinski definition) is 7. The first-order valence-corrected chi connectivity index (χ1v) is 18.8. The second-order valence-electron chi connectivity index (χ2n) is 16.2. The van der Waals surface area contributed by atoms with Gasteiger partial charge in [0.1, 0.15) is 12.1 Å². The molecule has 12 nitrogen and oxygen atoms in total. The molecule has 0 spiro atoms. The van der Waals surface area contributed by atoms with E-state index in [0.29, 0.717) is 38.6 Å². The van der Waals surface area contributed by atoms with Gasteiger partial charge in [-0.15, -0.1) is 0 Å². The number of rotatable bonds is 10. The highest BCUT2D eigenvalue weighted by Gasteiger charge is 2.70. The van der Waals surface area contributed by atoms with Crippen LogP contribution in [-0.4, -0.2) is 91.1 Å². The van der Waals surface area contributed by atoms with Crippen molar-refractivity contribution < 1.29 is 32.4 Å². The first-order valence-electron chi connectivity index (χ1n) is 17.1. The minimum atomic E-state index is -3.34. The van der Waals surface area contributed by atoms with E-state index in [1.165, 1.54) is 7.05 Å². The Balaban J connectivity index is 1.35. The van der Waals surface area contributed by atoms with Crippen LogP contribution < -0.4 is 21.3 Å². The van der Waals surface area contributed by atoms with Crippen molar-refractivity contribution in [3.8, 4) is 0 Å². The molecule has 3 aliphatic carbocycles. The van der Waals surface area contributed by atoms with Gasteiger partial charge in [0.05, 0.1) is 22.6 Å². The van der Waals surface area contributed by atoms with Gasteiger partial charge in [-0.3, -0.25) is 19.2 Å². The van der Waals surface area contributed by atoms with Gasteiger partial charge in [0.2, 0.25) is 17.6 Å². The van der Waals surface area contributed by atoms with Crippen LogP contribution in [0.25, 0.3) is 0 Å². The minimum Gasteiger partial charge on any atom is -0.353 e. The van der Waals surface area contributed by atoms with Crippen LogP contribution in [0, 0.1) is 28.6 Å². The molecule has 5 aliphatic rings. The molecule has 13 heteroatoms. The van der Waals surface area contributed by atoms with E-state index in [0.717, 1.165) is 32.1 Å². The third-order valence-corrected chi connectivity index (χ3v) is 14.0. The summed E-state index contributed by atoms with van der Waals surface area (Å²) in [6.45, 7) is 10.0. The molecule has 5 rings (SSSR count). The number of piperidine rings is 1. The lowest BCUT2D eigenvalue weighted by atomic mass is 9.78. The molecule has 0 bridgehead atoms. The van der Waals surface area contributed by atoms with Gasteiger partial charge in [-0.05, 0) is 60.7 Å². The fraction of sp³-hybridized carbons (Fsp3) is 0.848. The molecule has 0 radical (unpaired) electrons. The number of hydrogen-bond donors (Lipinski definition) is 4. The topological polar surface area (TPSA) is 171 Å². The SMILES string of the molecule is CNC(=O)C(=O)[C@H](CC1CC1)NC(=O)[C@@H]1[C@@H]2[C@H](CN1C(=O)[C@@H](NC(=O)NC1([C@H]3CCCS3(=O)=O)CCCCC1)C(C)(C)C)C2(C)C. The van der Waals surface area contributed by atoms with Crippen LogP contribution >= 0.6 is 0 Å². The summed E-state index contributed by atoms with van der Waals surface area (Å²) in [6, 6.07) is -3.41. The van der Waals surface area contributed by atoms with Crippen LogP contribution in [0.5, 0.6) is 0 Å². The van der Waals surface area contributed by atoms with E-state index in [1.807, 2.05) is 20.8 Å². The van der Waals surface area contributed by atoms with E-state index in [-0.39, 0.29) is 28.9 Å². The number of amides is 5. The Bertz CT molecular complexity index is 1360. The second-order valence-corrected chi connectivity index (χ2v) is 18.5. The maximum absolute atomic E-state index is 14.4. The maximum atomic E-state index is 14.4. The summed E-state index contributed by atoms with van der Waals surface area (Å²) in [5.41, 5.74) is -1.79. The van der Waals surface area contributed by atoms with Crippen LogP contribution in [0.4, 0.5) is 4.79 Å². The van der Waals surface area contributed by atoms with Gasteiger partial charge < -0.3 is 26.2 Å². The maximum Gasteiger partial charge on any atom is 0.315 e. The summed E-state index contributed by atoms with van der Waals surface area (Å²) >= 11 is 0. The van der Waals surface area contributed by atoms with Gasteiger partial charge in [0.15, 0.2) is 9.84 Å². The molecule has 0 aromatic heterocycles. The molecule has 2 heterocycles. The summed E-state index contributed by atoms with van der Waals surface area (Å²) < 4.78 is 26.0. The Morgan fingerprint density at radius 1 is 0.935 bits per heavy atom. The number of carbonyl (C=O) groups is 5. The normalized spacial score (nSPS) is 30.3. The standard InChI is InChI=1S/C33H53N5O7S/c1-31(2,3)26(36-30(43)37-33(14-8-7-9-15-33)22-11-10-16-46(22,44)45)29(42)38-18-20-23(32(20,4)5)24(38)27(40)35-21(17-19-12-13-19)25(39)28(41)34-6/h19-24,26H,7-18H2,1-6H3,(H,34,41)(H,35,40)(H2,36,37,43)/t20-,21-,22+,23-,24-,26+/m0/s1. The van der Waals surface area contributed by atoms with E-state index in [2.05, 4.69) is 35.1 Å². The van der Waals surface area contributed by atoms with Gasteiger partial charge in [0.25, 0.3) is 5.91 Å². The molecule has 2 saturated heterocycles. The lowest BCUT2D eigenvalue weighted by molar-refractivity contribution is -0.145. The van der Waals surface area contributed by atoms with Crippen molar-refractivity contribution in [2.45, 2.75) is 128 Å². The van der Waals surface area contributed by atoms with E-state index in [1.54, 1.807) is 4.90 Å². The Morgan fingerprint density at radius 3 is 2.13 bits per heavy atom. The highest BCUT2D eigenvalue weighted by molar-refractivity contribution is 7.92. The Kier molecular flexibility index (Phi) is 9.33. The molecule has 5 fully saturated rings. The number of likely N-dealkylation sites (tertiary alicyclic amines) is 1. The van der Waals surface area contributed by atoms with Crippen LogP contribution in [0.15, 0.2) is 0 Å². The molecule has 6 atom stereocenters. The van der Waals surface area contributed by atoms with Gasteiger partial charge in [0, 0.05) is 13.6 Å². The van der Waals surface area contributed by atoms with Crippen molar-refractivity contribution in [2.24, 2.45) is 28.6 Å². The van der Waals surface area contributed by atoms with E-state index in [9.17, 15) is 32.4 Å². The molecule has 0 aromatic carbocycles. The van der Waals surface area contributed by atoms with Gasteiger partial charge >= 0.3 is 6.03 Å². The molecular formula is C33H53N5O7S. The summed E-state index contributed by atoms with van der Waals surface area (Å²) in [6.07, 6.45) is 7.11. The summed E-state index contributed by atoms with van der Waals surface area (Å²) in [7, 11) is -1.97. The van der Waals surface area contributed by atoms with Crippen LogP contribution in [0.3, 0.4) is 0 Å². The number of likely N-dealkylation sites (N-methyl/N-ethyl adjacent to an activating group) is 1. The number of nitrogens with one attached hydrogen (secondary N) is 4. The minimum absolute atomic E-state index is 0.0799. The third-order valence-electron chi connectivity index (χ3n) is 11.6. The Labute approximate surface area is 273 Å². The first-order chi connectivity index (χ1) is 21.4. The van der Waals surface area contributed by atoms with Gasteiger partial charge in [-0.2, -0.15) is 0 Å². The zero-order chi connectivity index (χ0) is 33.8. The fourth-order valence-electron chi connectivity index (χ4n) is 8.60. The number of Topliss-reactive ketones (excluding diaryl/α,β-unsaturated/α-hetero) is 1. The zero-order valence-corrected chi connectivity index (χ0v) is 29.1. The van der Waals surface area contributed by atoms with Crippen LogP contribution in [-0.2, 0) is 29.0 Å². The van der Waals surface area contributed by atoms with Crippen molar-refractivity contribution >= 4 is 39.4 Å². The highest BCUT2D eigenvalue weighted by atomic mass is 32.2. The van der Waals surface area contributed by atoms with Crippen molar-refractivity contribution in [3.05, 3.63) is 0 Å². The summed E-state index contributed by atoms with van der Waals surface area (Å²) in [4.78, 5) is 68.8. The molecule has 4 N–H and O–H groups in total. The summed E-state index contributed by atoms with van der Waals surface area (Å²) in [5.74, 6) is -1.97. The van der Waals surface area contributed by atoms with Crippen LogP contribution in [0.1, 0.15) is 98.8 Å².